The van der Waals surface area contributed by atoms with Crippen LogP contribution in [0, 0.1) is 0 Å². The third-order valence-corrected chi connectivity index (χ3v) is 3.51. The van der Waals surface area contributed by atoms with E-state index in [-0.39, 0.29) is 17.1 Å². The van der Waals surface area contributed by atoms with Crippen LogP contribution < -0.4 is 0 Å². The van der Waals surface area contributed by atoms with Crippen molar-refractivity contribution in [3.05, 3.63) is 72.6 Å². The first kappa shape index (κ1) is 15.3. The van der Waals surface area contributed by atoms with E-state index in [1.807, 2.05) is 73.1 Å². The Balaban J connectivity index is 0.00000156. The number of benzene rings is 2. The minimum atomic E-state index is 0. The van der Waals surface area contributed by atoms with Crippen molar-refractivity contribution < 1.29 is 17.1 Å². The number of hydrogen-bond acceptors (Lipinski definition) is 2. The molecular formula is C18H14CuN4+2. The van der Waals surface area contributed by atoms with Crippen LogP contribution >= 0.6 is 0 Å². The molecule has 4 nitrogen and oxygen atoms in total. The van der Waals surface area contributed by atoms with E-state index in [0.29, 0.717) is 0 Å². The van der Waals surface area contributed by atoms with Crippen molar-refractivity contribution in [3.8, 4) is 11.4 Å². The van der Waals surface area contributed by atoms with Gasteiger partial charge in [0.15, 0.2) is 0 Å². The molecule has 5 heteroatoms. The van der Waals surface area contributed by atoms with Crippen molar-refractivity contribution in [1.29, 1.82) is 0 Å². The summed E-state index contributed by atoms with van der Waals surface area (Å²) in [5, 5.41) is 0. The molecule has 2 aromatic heterocycles. The number of rotatable bonds is 3. The molecule has 0 spiro atoms. The molecule has 2 N–H and O–H groups in total. The van der Waals surface area contributed by atoms with Gasteiger partial charge in [-0.05, 0) is 36.4 Å². The predicted molar refractivity (Wildman–Crippen MR) is 89.6 cm³/mol. The van der Waals surface area contributed by atoms with Crippen molar-refractivity contribution in [2.24, 2.45) is 4.99 Å². The maximum atomic E-state index is 4.65. The Morgan fingerprint density at radius 2 is 1.74 bits per heavy atom. The van der Waals surface area contributed by atoms with Crippen molar-refractivity contribution in [1.82, 2.24) is 15.0 Å². The largest absolute Gasteiger partial charge is 2.00 e. The van der Waals surface area contributed by atoms with E-state index in [4.69, 9.17) is 0 Å². The van der Waals surface area contributed by atoms with E-state index in [2.05, 4.69) is 19.9 Å². The minimum absolute atomic E-state index is 0. The third kappa shape index (κ3) is 3.11. The number of nitrogens with one attached hydrogen (secondary N) is 2. The zero-order chi connectivity index (χ0) is 14.8. The van der Waals surface area contributed by atoms with Crippen LogP contribution in [0.4, 0.5) is 5.69 Å². The molecular weight excluding hydrogens is 336 g/mol. The monoisotopic (exact) mass is 349 g/mol. The van der Waals surface area contributed by atoms with Crippen LogP contribution in [0.5, 0.6) is 0 Å². The molecule has 115 valence electrons. The fraction of sp³-hybridized carbons (Fsp3) is 0. The van der Waals surface area contributed by atoms with Gasteiger partial charge in [0.25, 0.3) is 0 Å². The van der Waals surface area contributed by atoms with Gasteiger partial charge in [-0.2, -0.15) is 0 Å². The number of aromatic nitrogens is 3. The number of aromatic amines is 2. The van der Waals surface area contributed by atoms with E-state index < -0.39 is 0 Å². The molecule has 0 saturated carbocycles. The van der Waals surface area contributed by atoms with Gasteiger partial charge >= 0.3 is 17.1 Å². The van der Waals surface area contributed by atoms with E-state index in [1.165, 1.54) is 0 Å². The molecule has 4 rings (SSSR count). The van der Waals surface area contributed by atoms with Crippen LogP contribution in [0.3, 0.4) is 0 Å². The van der Waals surface area contributed by atoms with Crippen LogP contribution in [0.15, 0.2) is 71.9 Å². The molecule has 0 atom stereocenters. The zero-order valence-corrected chi connectivity index (χ0v) is 13.1. The summed E-state index contributed by atoms with van der Waals surface area (Å²) in [6.07, 6.45) is 3.70. The predicted octanol–water partition coefficient (Wildman–Crippen LogP) is 4.31. The van der Waals surface area contributed by atoms with Crippen LogP contribution in [0.1, 0.15) is 5.69 Å². The van der Waals surface area contributed by atoms with Gasteiger partial charge in [0.2, 0.25) is 0 Å². The van der Waals surface area contributed by atoms with Gasteiger partial charge in [-0.3, -0.25) is 4.99 Å². The van der Waals surface area contributed by atoms with E-state index in [1.54, 1.807) is 0 Å². The summed E-state index contributed by atoms with van der Waals surface area (Å²) in [6, 6.07) is 19.9. The molecule has 0 aliphatic carbocycles. The average Bonchev–Trinajstić information content (AvgIpc) is 3.22. The summed E-state index contributed by atoms with van der Waals surface area (Å²) >= 11 is 0. The molecule has 2 aromatic carbocycles. The second-order valence-electron chi connectivity index (χ2n) is 5.00. The Hall–Kier alpha value is -2.62. The van der Waals surface area contributed by atoms with Crippen LogP contribution in [0.25, 0.3) is 22.4 Å². The molecule has 0 aliphatic heterocycles. The molecule has 0 bridgehead atoms. The Morgan fingerprint density at radius 3 is 2.57 bits per heavy atom. The van der Waals surface area contributed by atoms with Gasteiger partial charge in [0.05, 0.1) is 28.6 Å². The SMILES string of the molecule is C(=Nc1ccccc1-c1nc2ccccc2[nH]1)c1ccc[nH]1.[Cu+2]. The smallest absolute Gasteiger partial charge is 0.360 e. The van der Waals surface area contributed by atoms with Crippen LogP contribution in [-0.2, 0) is 17.1 Å². The molecule has 1 radical (unpaired) electrons. The molecule has 23 heavy (non-hydrogen) atoms. The molecule has 2 heterocycles. The van der Waals surface area contributed by atoms with Crippen LogP contribution in [-0.4, -0.2) is 21.2 Å². The maximum Gasteiger partial charge on any atom is 2.00 e. The Morgan fingerprint density at radius 1 is 0.913 bits per heavy atom. The number of para-hydroxylation sites is 3. The van der Waals surface area contributed by atoms with Crippen LogP contribution in [0.2, 0.25) is 0 Å². The Kier molecular flexibility index (Phi) is 4.42. The summed E-state index contributed by atoms with van der Waals surface area (Å²) in [7, 11) is 0. The van der Waals surface area contributed by atoms with Gasteiger partial charge < -0.3 is 9.97 Å². The third-order valence-electron chi connectivity index (χ3n) is 3.51. The van der Waals surface area contributed by atoms with Crippen molar-refractivity contribution in [2.75, 3.05) is 0 Å². The van der Waals surface area contributed by atoms with E-state index >= 15 is 0 Å². The van der Waals surface area contributed by atoms with Gasteiger partial charge in [-0.25, -0.2) is 4.98 Å². The standard InChI is InChI=1S/C18H14N4.Cu/c1-2-8-15(20-12-13-6-5-11-19-13)14(7-1)18-21-16-9-3-4-10-17(16)22-18;/h1-12,19H,(H,21,22);/q;+2. The average molecular weight is 350 g/mol. The number of imidazole rings is 1. The van der Waals surface area contributed by atoms with Gasteiger partial charge in [-0.15, -0.1) is 0 Å². The second-order valence-corrected chi connectivity index (χ2v) is 5.00. The normalized spacial score (nSPS) is 11.0. The Labute approximate surface area is 144 Å². The topological polar surface area (TPSA) is 56.8 Å². The first-order valence-electron chi connectivity index (χ1n) is 7.12. The molecule has 0 unspecified atom stereocenters. The van der Waals surface area contributed by atoms with Crippen molar-refractivity contribution in [2.45, 2.75) is 0 Å². The molecule has 0 aliphatic rings. The summed E-state index contributed by atoms with van der Waals surface area (Å²) < 4.78 is 0. The fourth-order valence-corrected chi connectivity index (χ4v) is 2.43. The Bertz CT molecular complexity index is 905. The molecule has 4 aromatic rings. The second kappa shape index (κ2) is 6.65. The van der Waals surface area contributed by atoms with Gasteiger partial charge in [0.1, 0.15) is 5.82 Å². The minimum Gasteiger partial charge on any atom is -0.360 e. The first-order chi connectivity index (χ1) is 10.9. The summed E-state index contributed by atoms with van der Waals surface area (Å²) in [5.74, 6) is 0.834. The zero-order valence-electron chi connectivity index (χ0n) is 12.1. The summed E-state index contributed by atoms with van der Waals surface area (Å²) in [5.41, 5.74) is 4.83. The molecule has 0 amide bonds. The summed E-state index contributed by atoms with van der Waals surface area (Å²) in [6.45, 7) is 0. The van der Waals surface area contributed by atoms with E-state index in [9.17, 15) is 0 Å². The molecule has 0 saturated heterocycles. The first-order valence-corrected chi connectivity index (χ1v) is 7.12. The number of H-pyrrole nitrogens is 2. The number of hydrogen-bond donors (Lipinski definition) is 2. The number of fused-ring (bicyclic) bond motifs is 1. The summed E-state index contributed by atoms with van der Waals surface area (Å²) in [4.78, 5) is 15.7. The maximum absolute atomic E-state index is 4.65. The number of aliphatic imine (C=N–C) groups is 1. The van der Waals surface area contributed by atoms with Crippen molar-refractivity contribution in [3.63, 3.8) is 0 Å². The van der Waals surface area contributed by atoms with Crippen molar-refractivity contribution >= 4 is 22.9 Å². The molecule has 0 fully saturated rings. The number of nitrogens with zero attached hydrogens (tertiary/aromatic N) is 2. The van der Waals surface area contributed by atoms with Gasteiger partial charge in [-0.1, -0.05) is 24.3 Å². The van der Waals surface area contributed by atoms with Gasteiger partial charge in [0, 0.05) is 11.8 Å². The quantitative estimate of drug-likeness (QED) is 0.420. The van der Waals surface area contributed by atoms with E-state index in [0.717, 1.165) is 33.8 Å². The fourth-order valence-electron chi connectivity index (χ4n) is 2.43.